The molecule has 1 amide bonds. The van der Waals surface area contributed by atoms with Crippen LogP contribution >= 0.6 is 0 Å². The molecule has 0 radical (unpaired) electrons. The lowest BCUT2D eigenvalue weighted by Crippen LogP contribution is -2.43. The van der Waals surface area contributed by atoms with Crippen molar-refractivity contribution < 1.29 is 14.3 Å². The molecule has 0 bridgehead atoms. The molecule has 1 atom stereocenters. The summed E-state index contributed by atoms with van der Waals surface area (Å²) in [5.41, 5.74) is -0.0319. The topological polar surface area (TPSA) is 47.6 Å². The largest absolute Gasteiger partial charge is 0.490 e. The normalized spacial score (nSPS) is 17.7. The lowest BCUT2D eigenvalue weighted by atomic mass is 9.93. The Morgan fingerprint density at radius 3 is 2.42 bits per heavy atom. The molecule has 0 aromatic heterocycles. The first-order chi connectivity index (χ1) is 11.4. The summed E-state index contributed by atoms with van der Waals surface area (Å²) in [6, 6.07) is 7.64. The molecule has 1 N–H and O–H groups in total. The van der Waals surface area contributed by atoms with Gasteiger partial charge in [0.05, 0.1) is 6.10 Å². The summed E-state index contributed by atoms with van der Waals surface area (Å²) in [7, 11) is 0. The number of amides is 1. The van der Waals surface area contributed by atoms with Gasteiger partial charge in [-0.2, -0.15) is 0 Å². The summed E-state index contributed by atoms with van der Waals surface area (Å²) >= 11 is 0. The van der Waals surface area contributed by atoms with Gasteiger partial charge < -0.3 is 14.8 Å². The average molecular weight is 333 g/mol. The smallest absolute Gasteiger partial charge is 0.256 e. The number of ether oxygens (including phenoxy) is 2. The first kappa shape index (κ1) is 18.8. The molecule has 134 valence electrons. The second kappa shape index (κ2) is 8.52. The van der Waals surface area contributed by atoms with Crippen LogP contribution < -0.4 is 10.1 Å². The number of nitrogens with one attached hydrogen (secondary N) is 1. The van der Waals surface area contributed by atoms with Crippen molar-refractivity contribution in [2.45, 2.75) is 71.5 Å². The zero-order chi connectivity index (χ0) is 17.6. The van der Waals surface area contributed by atoms with Gasteiger partial charge in [-0.05, 0) is 76.1 Å². The van der Waals surface area contributed by atoms with E-state index in [4.69, 9.17) is 9.47 Å². The molecule has 4 heteroatoms. The van der Waals surface area contributed by atoms with Crippen molar-refractivity contribution in [3.05, 3.63) is 24.3 Å². The van der Waals surface area contributed by atoms with Crippen LogP contribution in [0.4, 0.5) is 5.69 Å². The third-order valence-corrected chi connectivity index (χ3v) is 4.46. The van der Waals surface area contributed by atoms with Gasteiger partial charge in [0, 0.05) is 12.3 Å². The van der Waals surface area contributed by atoms with Gasteiger partial charge in [0.25, 0.3) is 5.91 Å². The van der Waals surface area contributed by atoms with E-state index >= 15 is 0 Å². The molecule has 1 fully saturated rings. The lowest BCUT2D eigenvalue weighted by molar-refractivity contribution is -0.140. The van der Waals surface area contributed by atoms with E-state index in [1.165, 1.54) is 12.8 Å². The molecule has 1 saturated carbocycles. The van der Waals surface area contributed by atoms with Gasteiger partial charge in [-0.3, -0.25) is 4.79 Å². The van der Waals surface area contributed by atoms with Crippen molar-refractivity contribution in [1.29, 1.82) is 0 Å². The average Bonchev–Trinajstić information content (AvgIpc) is 3.01. The molecule has 0 heterocycles. The minimum atomic E-state index is -0.804. The van der Waals surface area contributed by atoms with Crippen molar-refractivity contribution in [1.82, 2.24) is 0 Å². The van der Waals surface area contributed by atoms with Crippen LogP contribution in [0.25, 0.3) is 0 Å². The molecule has 0 saturated heterocycles. The Kier molecular flexibility index (Phi) is 6.67. The highest BCUT2D eigenvalue weighted by Crippen LogP contribution is 2.26. The highest BCUT2D eigenvalue weighted by molar-refractivity contribution is 5.97. The monoisotopic (exact) mass is 333 g/mol. The molecule has 1 aromatic rings. The van der Waals surface area contributed by atoms with Gasteiger partial charge in [-0.25, -0.2) is 0 Å². The van der Waals surface area contributed by atoms with Crippen LogP contribution in [-0.4, -0.2) is 24.2 Å². The number of anilines is 1. The maximum absolute atomic E-state index is 12.7. The van der Waals surface area contributed by atoms with Crippen LogP contribution in [0, 0.1) is 5.92 Å². The van der Waals surface area contributed by atoms with Crippen molar-refractivity contribution in [2.75, 3.05) is 11.9 Å². The standard InChI is InChI=1S/C20H31NO3/c1-5-23-20(4,14-15(2)3)19(22)21-16-10-12-18(13-11-16)24-17-8-6-7-9-17/h10-13,15,17H,5-9,14H2,1-4H3,(H,21,22). The highest BCUT2D eigenvalue weighted by Gasteiger charge is 2.34. The summed E-state index contributed by atoms with van der Waals surface area (Å²) in [4.78, 5) is 12.7. The molecule has 1 aromatic carbocycles. The predicted octanol–water partition coefficient (Wildman–Crippen LogP) is 4.79. The van der Waals surface area contributed by atoms with E-state index in [1.807, 2.05) is 38.1 Å². The lowest BCUT2D eigenvalue weighted by Gasteiger charge is -2.29. The first-order valence-electron chi connectivity index (χ1n) is 9.15. The third-order valence-electron chi connectivity index (χ3n) is 4.46. The number of carbonyl (C=O) groups is 1. The molecule has 4 nitrogen and oxygen atoms in total. The van der Waals surface area contributed by atoms with Crippen molar-refractivity contribution >= 4 is 11.6 Å². The molecule has 24 heavy (non-hydrogen) atoms. The van der Waals surface area contributed by atoms with Gasteiger partial charge in [-0.1, -0.05) is 13.8 Å². The van der Waals surface area contributed by atoms with Crippen molar-refractivity contribution in [2.24, 2.45) is 5.92 Å². The fourth-order valence-corrected chi connectivity index (χ4v) is 3.39. The third kappa shape index (κ3) is 5.23. The van der Waals surface area contributed by atoms with E-state index in [-0.39, 0.29) is 5.91 Å². The van der Waals surface area contributed by atoms with Gasteiger partial charge in [-0.15, -0.1) is 0 Å². The van der Waals surface area contributed by atoms with Crippen LogP contribution in [0.2, 0.25) is 0 Å². The first-order valence-corrected chi connectivity index (χ1v) is 9.15. The molecule has 0 spiro atoms. The Hall–Kier alpha value is -1.55. The second-order valence-corrected chi connectivity index (χ2v) is 7.26. The number of hydrogen-bond acceptors (Lipinski definition) is 3. The van der Waals surface area contributed by atoms with Crippen LogP contribution in [-0.2, 0) is 9.53 Å². The van der Waals surface area contributed by atoms with E-state index in [9.17, 15) is 4.79 Å². The highest BCUT2D eigenvalue weighted by atomic mass is 16.5. The predicted molar refractivity (Wildman–Crippen MR) is 97.4 cm³/mol. The van der Waals surface area contributed by atoms with Gasteiger partial charge >= 0.3 is 0 Å². The summed E-state index contributed by atoms with van der Waals surface area (Å²) in [6.45, 7) is 8.49. The zero-order valence-corrected chi connectivity index (χ0v) is 15.4. The summed E-state index contributed by atoms with van der Waals surface area (Å²) in [6.07, 6.45) is 5.82. The molecule has 2 rings (SSSR count). The Morgan fingerprint density at radius 2 is 1.88 bits per heavy atom. The number of hydrogen-bond donors (Lipinski definition) is 1. The van der Waals surface area contributed by atoms with Gasteiger partial charge in [0.15, 0.2) is 0 Å². The minimum Gasteiger partial charge on any atom is -0.490 e. The maximum Gasteiger partial charge on any atom is 0.256 e. The number of rotatable bonds is 8. The van der Waals surface area contributed by atoms with E-state index in [0.29, 0.717) is 25.0 Å². The van der Waals surface area contributed by atoms with Crippen molar-refractivity contribution in [3.63, 3.8) is 0 Å². The molecular weight excluding hydrogens is 302 g/mol. The van der Waals surface area contributed by atoms with Gasteiger partial charge in [0.1, 0.15) is 11.4 Å². The Morgan fingerprint density at radius 1 is 1.25 bits per heavy atom. The summed E-state index contributed by atoms with van der Waals surface area (Å²) < 4.78 is 11.7. The van der Waals surface area contributed by atoms with Crippen molar-refractivity contribution in [3.8, 4) is 5.75 Å². The molecule has 1 unspecified atom stereocenters. The SMILES string of the molecule is CCOC(C)(CC(C)C)C(=O)Nc1ccc(OC2CCCC2)cc1. The van der Waals surface area contributed by atoms with E-state index in [2.05, 4.69) is 19.2 Å². The Balaban J connectivity index is 1.96. The van der Waals surface area contributed by atoms with E-state index < -0.39 is 5.60 Å². The van der Waals surface area contributed by atoms with Crippen LogP contribution in [0.1, 0.15) is 59.8 Å². The quantitative estimate of drug-likeness (QED) is 0.744. The molecule has 1 aliphatic rings. The molecule has 0 aliphatic heterocycles. The van der Waals surface area contributed by atoms with E-state index in [1.54, 1.807) is 0 Å². The minimum absolute atomic E-state index is 0.0949. The zero-order valence-electron chi connectivity index (χ0n) is 15.4. The van der Waals surface area contributed by atoms with Crippen LogP contribution in [0.5, 0.6) is 5.75 Å². The Labute approximate surface area is 145 Å². The molecule has 1 aliphatic carbocycles. The number of carbonyl (C=O) groups excluding carboxylic acids is 1. The summed E-state index contributed by atoms with van der Waals surface area (Å²) in [5, 5.41) is 2.97. The van der Waals surface area contributed by atoms with Crippen LogP contribution in [0.3, 0.4) is 0 Å². The fraction of sp³-hybridized carbons (Fsp3) is 0.650. The number of benzene rings is 1. The fourth-order valence-electron chi connectivity index (χ4n) is 3.39. The van der Waals surface area contributed by atoms with E-state index in [0.717, 1.165) is 24.3 Å². The Bertz CT molecular complexity index is 520. The maximum atomic E-state index is 12.7. The van der Waals surface area contributed by atoms with Gasteiger partial charge in [0.2, 0.25) is 0 Å². The second-order valence-electron chi connectivity index (χ2n) is 7.26. The van der Waals surface area contributed by atoms with Crippen LogP contribution in [0.15, 0.2) is 24.3 Å². The molecular formula is C20H31NO3. The summed E-state index contributed by atoms with van der Waals surface area (Å²) in [5.74, 6) is 1.16.